The minimum atomic E-state index is 0.745. The van der Waals surface area contributed by atoms with E-state index in [-0.39, 0.29) is 0 Å². The van der Waals surface area contributed by atoms with Gasteiger partial charge in [0, 0.05) is 11.1 Å². The van der Waals surface area contributed by atoms with E-state index in [0.717, 1.165) is 23.0 Å². The second kappa shape index (κ2) is 11.4. The predicted octanol–water partition coefficient (Wildman–Crippen LogP) is 9.05. The first kappa shape index (κ1) is 22.7. The second-order valence-electron chi connectivity index (χ2n) is 9.89. The van der Waals surface area contributed by atoms with Crippen molar-refractivity contribution in [1.29, 1.82) is 0 Å². The summed E-state index contributed by atoms with van der Waals surface area (Å²) < 4.78 is 0. The van der Waals surface area contributed by atoms with Crippen LogP contribution in [0.15, 0.2) is 60.7 Å². The van der Waals surface area contributed by atoms with Gasteiger partial charge in [-0.15, -0.1) is 0 Å². The summed E-state index contributed by atoms with van der Waals surface area (Å²) in [5, 5.41) is 2.61. The zero-order valence-corrected chi connectivity index (χ0v) is 20.0. The van der Waals surface area contributed by atoms with Crippen molar-refractivity contribution in [2.45, 2.75) is 84.0 Å². The Hall–Kier alpha value is -2.52. The molecule has 0 N–H and O–H groups in total. The molecule has 3 aromatic carbocycles. The highest BCUT2D eigenvalue weighted by Gasteiger charge is 2.19. The third-order valence-corrected chi connectivity index (χ3v) is 7.22. The standard InChI is InChI=1S/C32H38/c1-3-4-5-6-7-8-27-15-21-32-24-28(16-22-31(32)23-27)12-11-26-13-19-30(20-14-26)29-17-9-25(2)10-18-29/h13-16,19-25,29H,3-10,17-18H2,1-2H3. The largest absolute Gasteiger partial charge is 0.0654 e. The molecule has 0 aromatic heterocycles. The summed E-state index contributed by atoms with van der Waals surface area (Å²) in [6, 6.07) is 22.5. The molecule has 0 radical (unpaired) electrons. The fourth-order valence-corrected chi connectivity index (χ4v) is 5.04. The van der Waals surface area contributed by atoms with Crippen molar-refractivity contribution in [3.8, 4) is 11.8 Å². The molecule has 0 amide bonds. The fourth-order valence-electron chi connectivity index (χ4n) is 5.04. The van der Waals surface area contributed by atoms with Crippen LogP contribution in [0.2, 0.25) is 0 Å². The molecule has 32 heavy (non-hydrogen) atoms. The van der Waals surface area contributed by atoms with Gasteiger partial charge in [-0.3, -0.25) is 0 Å². The zero-order chi connectivity index (χ0) is 22.2. The van der Waals surface area contributed by atoms with E-state index >= 15 is 0 Å². The maximum absolute atomic E-state index is 3.38. The molecule has 1 aliphatic rings. The Kier molecular flexibility index (Phi) is 8.06. The van der Waals surface area contributed by atoms with Crippen LogP contribution in [-0.4, -0.2) is 0 Å². The first-order chi connectivity index (χ1) is 15.7. The summed E-state index contributed by atoms with van der Waals surface area (Å²) in [6.07, 6.45) is 13.3. The molecule has 1 saturated carbocycles. The minimum absolute atomic E-state index is 0.745. The molecular weight excluding hydrogens is 384 g/mol. The summed E-state index contributed by atoms with van der Waals surface area (Å²) in [5.74, 6) is 8.39. The first-order valence-electron chi connectivity index (χ1n) is 12.9. The first-order valence-corrected chi connectivity index (χ1v) is 12.9. The topological polar surface area (TPSA) is 0 Å². The maximum Gasteiger partial charge on any atom is 0.0255 e. The molecule has 0 heteroatoms. The fraction of sp³-hybridized carbons (Fsp3) is 0.438. The molecular formula is C32H38. The van der Waals surface area contributed by atoms with Crippen LogP contribution in [0.1, 0.15) is 99.8 Å². The van der Waals surface area contributed by atoms with E-state index in [1.165, 1.54) is 86.1 Å². The number of aryl methyl sites for hydroxylation is 1. The lowest BCUT2D eigenvalue weighted by Gasteiger charge is -2.26. The maximum atomic E-state index is 3.38. The van der Waals surface area contributed by atoms with Gasteiger partial charge in [0.15, 0.2) is 0 Å². The van der Waals surface area contributed by atoms with Crippen molar-refractivity contribution in [2.75, 3.05) is 0 Å². The summed E-state index contributed by atoms with van der Waals surface area (Å²) in [7, 11) is 0. The van der Waals surface area contributed by atoms with Crippen LogP contribution in [0.3, 0.4) is 0 Å². The van der Waals surface area contributed by atoms with Gasteiger partial charge in [0.25, 0.3) is 0 Å². The van der Waals surface area contributed by atoms with E-state index in [1.54, 1.807) is 0 Å². The Morgan fingerprint density at radius 3 is 2.12 bits per heavy atom. The second-order valence-corrected chi connectivity index (χ2v) is 9.89. The van der Waals surface area contributed by atoms with Gasteiger partial charge >= 0.3 is 0 Å². The van der Waals surface area contributed by atoms with Gasteiger partial charge in [0.2, 0.25) is 0 Å². The van der Waals surface area contributed by atoms with Gasteiger partial charge in [-0.05, 0) is 83.7 Å². The van der Waals surface area contributed by atoms with Crippen molar-refractivity contribution >= 4 is 10.8 Å². The van der Waals surface area contributed by atoms with Crippen molar-refractivity contribution < 1.29 is 0 Å². The highest BCUT2D eigenvalue weighted by atomic mass is 14.2. The van der Waals surface area contributed by atoms with Crippen LogP contribution in [0, 0.1) is 17.8 Å². The lowest BCUT2D eigenvalue weighted by molar-refractivity contribution is 0.348. The van der Waals surface area contributed by atoms with E-state index in [2.05, 4.69) is 86.4 Å². The quantitative estimate of drug-likeness (QED) is 0.263. The molecule has 4 rings (SSSR count). The van der Waals surface area contributed by atoms with Gasteiger partial charge in [-0.2, -0.15) is 0 Å². The Bertz CT molecular complexity index is 1050. The molecule has 0 unspecified atom stereocenters. The third kappa shape index (κ3) is 6.26. The average Bonchev–Trinajstić information content (AvgIpc) is 2.83. The number of rotatable bonds is 7. The van der Waals surface area contributed by atoms with Crippen LogP contribution in [0.5, 0.6) is 0 Å². The third-order valence-electron chi connectivity index (χ3n) is 7.22. The molecule has 1 aliphatic carbocycles. The molecule has 0 saturated heterocycles. The van der Waals surface area contributed by atoms with Gasteiger partial charge < -0.3 is 0 Å². The molecule has 0 nitrogen and oxygen atoms in total. The Morgan fingerprint density at radius 2 is 1.34 bits per heavy atom. The summed E-state index contributed by atoms with van der Waals surface area (Å²) >= 11 is 0. The minimum Gasteiger partial charge on any atom is -0.0654 e. The van der Waals surface area contributed by atoms with Crippen LogP contribution < -0.4 is 0 Å². The van der Waals surface area contributed by atoms with E-state index in [9.17, 15) is 0 Å². The monoisotopic (exact) mass is 422 g/mol. The summed E-state index contributed by atoms with van der Waals surface area (Å²) in [6.45, 7) is 4.66. The smallest absolute Gasteiger partial charge is 0.0255 e. The number of benzene rings is 3. The number of hydrogen-bond acceptors (Lipinski definition) is 0. The Balaban J connectivity index is 1.37. The van der Waals surface area contributed by atoms with Crippen molar-refractivity contribution in [1.82, 2.24) is 0 Å². The number of fused-ring (bicyclic) bond motifs is 1. The molecule has 0 bridgehead atoms. The number of hydrogen-bond donors (Lipinski definition) is 0. The lowest BCUT2D eigenvalue weighted by Crippen LogP contribution is -2.10. The normalized spacial score (nSPS) is 18.3. The van der Waals surface area contributed by atoms with Gasteiger partial charge in [0.05, 0.1) is 0 Å². The molecule has 0 heterocycles. The average molecular weight is 423 g/mol. The molecule has 0 atom stereocenters. The van der Waals surface area contributed by atoms with Crippen molar-refractivity contribution in [3.05, 3.63) is 82.9 Å². The van der Waals surface area contributed by atoms with Crippen molar-refractivity contribution in [2.24, 2.45) is 5.92 Å². The summed E-state index contributed by atoms with van der Waals surface area (Å²) in [5.41, 5.74) is 5.15. The van der Waals surface area contributed by atoms with Crippen LogP contribution in [-0.2, 0) is 6.42 Å². The lowest BCUT2D eigenvalue weighted by atomic mass is 9.79. The molecule has 0 aliphatic heterocycles. The Morgan fingerprint density at radius 1 is 0.688 bits per heavy atom. The summed E-state index contributed by atoms with van der Waals surface area (Å²) in [4.78, 5) is 0. The highest BCUT2D eigenvalue weighted by Crippen LogP contribution is 2.35. The SMILES string of the molecule is CCCCCCCc1ccc2cc(C#Cc3ccc(C4CCC(C)CC4)cc3)ccc2c1. The van der Waals surface area contributed by atoms with Gasteiger partial charge in [-0.1, -0.05) is 101 Å². The zero-order valence-electron chi connectivity index (χ0n) is 20.0. The van der Waals surface area contributed by atoms with Crippen molar-refractivity contribution in [3.63, 3.8) is 0 Å². The van der Waals surface area contributed by atoms with Crippen LogP contribution >= 0.6 is 0 Å². The van der Waals surface area contributed by atoms with E-state index in [4.69, 9.17) is 0 Å². The van der Waals surface area contributed by atoms with Crippen LogP contribution in [0.25, 0.3) is 10.8 Å². The van der Waals surface area contributed by atoms with E-state index in [1.807, 2.05) is 0 Å². The van der Waals surface area contributed by atoms with E-state index < -0.39 is 0 Å². The molecule has 3 aromatic rings. The van der Waals surface area contributed by atoms with E-state index in [0.29, 0.717) is 0 Å². The molecule has 1 fully saturated rings. The molecule has 0 spiro atoms. The number of unbranched alkanes of at least 4 members (excludes halogenated alkanes) is 4. The van der Waals surface area contributed by atoms with Crippen LogP contribution in [0.4, 0.5) is 0 Å². The molecule has 166 valence electrons. The van der Waals surface area contributed by atoms with Gasteiger partial charge in [0.1, 0.15) is 0 Å². The Labute approximate surface area is 195 Å². The van der Waals surface area contributed by atoms with Gasteiger partial charge in [-0.25, -0.2) is 0 Å². The predicted molar refractivity (Wildman–Crippen MR) is 139 cm³/mol. The highest BCUT2D eigenvalue weighted by molar-refractivity contribution is 5.84.